The molecule has 210 valence electrons. The van der Waals surface area contributed by atoms with Crippen molar-refractivity contribution in [2.75, 3.05) is 19.6 Å². The number of likely N-dealkylation sites (tertiary alicyclic amines) is 1. The molecule has 3 rings (SSSR count). The lowest BCUT2D eigenvalue weighted by Crippen LogP contribution is -2.42. The molecule has 39 heavy (non-hydrogen) atoms. The molecule has 1 aliphatic rings. The van der Waals surface area contributed by atoms with Gasteiger partial charge in [0.2, 0.25) is 5.91 Å². The van der Waals surface area contributed by atoms with Gasteiger partial charge in [0, 0.05) is 44.7 Å². The van der Waals surface area contributed by atoms with Crippen LogP contribution < -0.4 is 20.1 Å². The zero-order valence-corrected chi connectivity index (χ0v) is 22.2. The van der Waals surface area contributed by atoms with Gasteiger partial charge in [0.25, 0.3) is 11.8 Å². The molecule has 0 aliphatic carbocycles. The third-order valence-corrected chi connectivity index (χ3v) is 6.25. The maximum Gasteiger partial charge on any atom is 0.387 e. The van der Waals surface area contributed by atoms with Crippen LogP contribution in [0.4, 0.5) is 8.78 Å². The Morgan fingerprint density at radius 2 is 1.82 bits per heavy atom. The molecule has 0 unspecified atom stereocenters. The maximum atomic E-state index is 12.9. The van der Waals surface area contributed by atoms with E-state index >= 15 is 0 Å². The molecule has 1 aromatic heterocycles. The highest BCUT2D eigenvalue weighted by molar-refractivity contribution is 5.96. The topological polar surface area (TPSA) is 127 Å². The van der Waals surface area contributed by atoms with E-state index in [4.69, 9.17) is 4.74 Å². The summed E-state index contributed by atoms with van der Waals surface area (Å²) in [6.45, 7) is 4.30. The molecular formula is C27H32F2N4O6. The molecule has 1 aromatic carbocycles. The van der Waals surface area contributed by atoms with Crippen LogP contribution in [0.2, 0.25) is 0 Å². The molecule has 2 N–H and O–H groups in total. The molecule has 10 nitrogen and oxygen atoms in total. The van der Waals surface area contributed by atoms with Crippen molar-refractivity contribution in [3.05, 3.63) is 53.3 Å². The van der Waals surface area contributed by atoms with E-state index in [0.717, 1.165) is 0 Å². The van der Waals surface area contributed by atoms with E-state index in [1.165, 1.54) is 37.4 Å². The number of carbonyl (C=O) groups is 4. The van der Waals surface area contributed by atoms with Crippen molar-refractivity contribution in [1.29, 1.82) is 0 Å². The van der Waals surface area contributed by atoms with Gasteiger partial charge in [-0.1, -0.05) is 19.9 Å². The fraction of sp³-hybridized carbons (Fsp3) is 0.444. The third-order valence-electron chi connectivity index (χ3n) is 6.25. The van der Waals surface area contributed by atoms with Gasteiger partial charge < -0.3 is 25.0 Å². The minimum atomic E-state index is -3.10. The molecule has 2 atom stereocenters. The highest BCUT2D eigenvalue weighted by Gasteiger charge is 2.35. The number of nitrogens with zero attached hydrogens (tertiary/aromatic N) is 2. The number of nitrogens with one attached hydrogen (secondary N) is 2. The average Bonchev–Trinajstić information content (AvgIpc) is 3.33. The molecular weight excluding hydrogens is 514 g/mol. The molecule has 0 saturated carbocycles. The summed E-state index contributed by atoms with van der Waals surface area (Å²) in [7, 11) is 0. The number of pyridine rings is 1. The molecule has 3 amide bonds. The number of ether oxygens (including phenoxy) is 2. The van der Waals surface area contributed by atoms with Gasteiger partial charge in [0.05, 0.1) is 11.5 Å². The van der Waals surface area contributed by atoms with Crippen LogP contribution >= 0.6 is 0 Å². The Labute approximate surface area is 225 Å². The molecule has 1 saturated heterocycles. The van der Waals surface area contributed by atoms with Gasteiger partial charge in [-0.05, 0) is 43.2 Å². The summed E-state index contributed by atoms with van der Waals surface area (Å²) in [4.78, 5) is 54.7. The molecule has 12 heteroatoms. The Balaban J connectivity index is 1.72. The van der Waals surface area contributed by atoms with E-state index < -0.39 is 24.4 Å². The van der Waals surface area contributed by atoms with Crippen LogP contribution in [0, 0.1) is 5.92 Å². The molecule has 1 aliphatic heterocycles. The Morgan fingerprint density at radius 3 is 2.41 bits per heavy atom. The third kappa shape index (κ3) is 7.71. The lowest BCUT2D eigenvalue weighted by Gasteiger charge is -2.23. The van der Waals surface area contributed by atoms with Gasteiger partial charge in [-0.15, -0.1) is 0 Å². The number of alkyl halides is 2. The van der Waals surface area contributed by atoms with E-state index in [0.29, 0.717) is 30.6 Å². The van der Waals surface area contributed by atoms with Crippen LogP contribution in [-0.4, -0.2) is 65.9 Å². The fourth-order valence-electron chi connectivity index (χ4n) is 4.24. The Morgan fingerprint density at radius 1 is 1.08 bits per heavy atom. The van der Waals surface area contributed by atoms with Gasteiger partial charge in [0.1, 0.15) is 5.69 Å². The summed E-state index contributed by atoms with van der Waals surface area (Å²) < 4.78 is 35.6. The number of benzene rings is 1. The summed E-state index contributed by atoms with van der Waals surface area (Å²) in [6, 6.07) is 6.99. The van der Waals surface area contributed by atoms with Crippen molar-refractivity contribution >= 4 is 23.7 Å². The van der Waals surface area contributed by atoms with Crippen LogP contribution in [-0.2, 0) is 9.59 Å². The van der Waals surface area contributed by atoms with Gasteiger partial charge >= 0.3 is 12.6 Å². The quantitative estimate of drug-likeness (QED) is 0.346. The zero-order chi connectivity index (χ0) is 28.7. The van der Waals surface area contributed by atoms with Crippen molar-refractivity contribution in [1.82, 2.24) is 20.5 Å². The maximum absolute atomic E-state index is 12.9. The average molecular weight is 547 g/mol. The smallest absolute Gasteiger partial charge is 0.387 e. The standard InChI is InChI=1S/C27H32F2N4O6/c1-5-30-24(35)18-6-8-21(31-12-18)25(36)32-13-20-10-19(14-33(20)16(4)34)17-7-9-22(39-27(28)29)23(11-17)38-26(37)15(2)3/h6-9,11-12,15,19-20,27H,5,10,13-14H2,1-4H3,(H,30,35)(H,32,36)/t19-,20-/m1/s1. The molecule has 0 radical (unpaired) electrons. The largest absolute Gasteiger partial charge is 0.431 e. The normalized spacial score (nSPS) is 16.8. The van der Waals surface area contributed by atoms with Gasteiger partial charge in [-0.25, -0.2) is 0 Å². The minimum absolute atomic E-state index is 0.123. The number of halogens is 2. The van der Waals surface area contributed by atoms with Crippen LogP contribution in [0.3, 0.4) is 0 Å². The first-order valence-corrected chi connectivity index (χ1v) is 12.6. The van der Waals surface area contributed by atoms with Crippen LogP contribution in [0.25, 0.3) is 0 Å². The molecule has 2 heterocycles. The van der Waals surface area contributed by atoms with Crippen molar-refractivity contribution in [2.45, 2.75) is 52.7 Å². The van der Waals surface area contributed by atoms with Gasteiger partial charge in [-0.3, -0.25) is 24.2 Å². The van der Waals surface area contributed by atoms with Gasteiger partial charge in [-0.2, -0.15) is 8.78 Å². The summed E-state index contributed by atoms with van der Waals surface area (Å²) in [5.41, 5.74) is 1.13. The predicted molar refractivity (Wildman–Crippen MR) is 137 cm³/mol. The molecule has 0 bridgehead atoms. The number of carbonyl (C=O) groups excluding carboxylic acids is 4. The SMILES string of the molecule is CCNC(=O)c1ccc(C(=O)NC[C@H]2C[C@@H](c3ccc(OC(F)F)c(OC(=O)C(C)C)c3)CN2C(C)=O)nc1. The number of aromatic nitrogens is 1. The second-order valence-corrected chi connectivity index (χ2v) is 9.42. The lowest BCUT2D eigenvalue weighted by atomic mass is 9.96. The molecule has 0 spiro atoms. The zero-order valence-electron chi connectivity index (χ0n) is 22.2. The van der Waals surface area contributed by atoms with Gasteiger partial charge in [0.15, 0.2) is 11.5 Å². The predicted octanol–water partition coefficient (Wildman–Crippen LogP) is 3.13. The van der Waals surface area contributed by atoms with E-state index in [9.17, 15) is 28.0 Å². The van der Waals surface area contributed by atoms with Crippen LogP contribution in [0.5, 0.6) is 11.5 Å². The summed E-state index contributed by atoms with van der Waals surface area (Å²) >= 11 is 0. The Kier molecular flexibility index (Phi) is 9.91. The van der Waals surface area contributed by atoms with Crippen LogP contribution in [0.1, 0.15) is 66.4 Å². The first kappa shape index (κ1) is 29.5. The summed E-state index contributed by atoms with van der Waals surface area (Å²) in [5, 5.41) is 5.44. The van der Waals surface area contributed by atoms with Crippen molar-refractivity contribution < 1.29 is 37.4 Å². The highest BCUT2D eigenvalue weighted by Crippen LogP contribution is 2.37. The first-order chi connectivity index (χ1) is 18.5. The van der Waals surface area contributed by atoms with E-state index in [-0.39, 0.29) is 47.5 Å². The Hall–Kier alpha value is -4.09. The molecule has 2 aromatic rings. The van der Waals surface area contributed by atoms with E-state index in [2.05, 4.69) is 20.4 Å². The van der Waals surface area contributed by atoms with Crippen molar-refractivity contribution in [3.8, 4) is 11.5 Å². The first-order valence-electron chi connectivity index (χ1n) is 12.6. The monoisotopic (exact) mass is 546 g/mol. The van der Waals surface area contributed by atoms with E-state index in [1.807, 2.05) is 0 Å². The summed E-state index contributed by atoms with van der Waals surface area (Å²) in [5.74, 6) is -2.62. The highest BCUT2D eigenvalue weighted by atomic mass is 19.3. The number of amides is 3. The van der Waals surface area contributed by atoms with E-state index in [1.54, 1.807) is 31.7 Å². The number of rotatable bonds is 10. The molecule has 1 fully saturated rings. The van der Waals surface area contributed by atoms with Crippen LogP contribution in [0.15, 0.2) is 36.5 Å². The second kappa shape index (κ2) is 13.1. The number of esters is 1. The van der Waals surface area contributed by atoms with Crippen molar-refractivity contribution in [3.63, 3.8) is 0 Å². The van der Waals surface area contributed by atoms with Crippen molar-refractivity contribution in [2.24, 2.45) is 5.92 Å². The minimum Gasteiger partial charge on any atom is -0.431 e. The fourth-order valence-corrected chi connectivity index (χ4v) is 4.24. The second-order valence-electron chi connectivity index (χ2n) is 9.42. The number of hydrogen-bond acceptors (Lipinski definition) is 7. The number of hydrogen-bond donors (Lipinski definition) is 2. The Bertz CT molecular complexity index is 1210. The summed E-state index contributed by atoms with van der Waals surface area (Å²) in [6.07, 6.45) is 1.79. The lowest BCUT2D eigenvalue weighted by molar-refractivity contribution is -0.138.